The van der Waals surface area contributed by atoms with Crippen molar-refractivity contribution in [1.29, 1.82) is 0 Å². The van der Waals surface area contributed by atoms with Crippen molar-refractivity contribution < 1.29 is 15.1 Å². The maximum absolute atomic E-state index is 8.95. The second kappa shape index (κ2) is 18.6. The zero-order valence-corrected chi connectivity index (χ0v) is 13.4. The van der Waals surface area contributed by atoms with Crippen LogP contribution in [-0.4, -0.2) is 10.2 Å². The molecule has 0 aromatic carbocycles. The molecule has 0 fully saturated rings. The van der Waals surface area contributed by atoms with Gasteiger partial charge in [0.15, 0.2) is 0 Å². The second-order valence-corrected chi connectivity index (χ2v) is 5.06. The third kappa shape index (κ3) is 27.7. The molecule has 0 bridgehead atoms. The van der Waals surface area contributed by atoms with E-state index in [4.69, 9.17) is 20.2 Å². The Morgan fingerprint density at radius 3 is 1.00 bits per heavy atom. The number of hydrogen-bond donors (Lipinski definition) is 0. The fraction of sp³-hybridized carbons (Fsp3) is 1.00. The quantitative estimate of drug-likeness (QED) is 0.268. The lowest BCUT2D eigenvalue weighted by Crippen LogP contribution is -2.06. The summed E-state index contributed by atoms with van der Waals surface area (Å²) in [7, 11) is 0. The molecule has 0 saturated carbocycles. The van der Waals surface area contributed by atoms with Crippen LogP contribution in [0.3, 0.4) is 0 Å². The monoisotopic (exact) mass is 306 g/mol. The van der Waals surface area contributed by atoms with E-state index >= 15 is 0 Å². The van der Waals surface area contributed by atoms with Gasteiger partial charge in [0.05, 0.1) is 0 Å². The highest BCUT2D eigenvalue weighted by Gasteiger charge is 2.05. The van der Waals surface area contributed by atoms with Gasteiger partial charge >= 0.3 is 10.2 Å². The molecule has 0 N–H and O–H groups in total. The van der Waals surface area contributed by atoms with Crippen LogP contribution in [0.15, 0.2) is 0 Å². The summed E-state index contributed by atoms with van der Waals surface area (Å²) in [5.74, 6) is 0. The van der Waals surface area contributed by atoms with Crippen LogP contribution in [0.2, 0.25) is 0 Å². The van der Waals surface area contributed by atoms with E-state index in [1.54, 1.807) is 0 Å². The lowest BCUT2D eigenvalue weighted by Gasteiger charge is -2.01. The van der Waals surface area contributed by atoms with Gasteiger partial charge in [0, 0.05) is 4.94 Å². The molecule has 7 heteroatoms. The van der Waals surface area contributed by atoms with Gasteiger partial charge in [0.2, 0.25) is 0 Å². The van der Waals surface area contributed by atoms with E-state index in [1.165, 1.54) is 77.0 Å². The Balaban J connectivity index is 0. The highest BCUT2D eigenvalue weighted by atomic mass is 17.1. The maximum atomic E-state index is 8.95. The Morgan fingerprint density at radius 2 is 0.857 bits per heavy atom. The van der Waals surface area contributed by atoms with Crippen molar-refractivity contribution in [3.8, 4) is 0 Å². The Morgan fingerprint density at radius 1 is 0.619 bits per heavy atom. The smallest absolute Gasteiger partial charge is 0.105 e. The molecule has 0 aliphatic rings. The molecule has 0 aliphatic heterocycles. The van der Waals surface area contributed by atoms with E-state index in [9.17, 15) is 0 Å². The van der Waals surface area contributed by atoms with Crippen molar-refractivity contribution in [1.82, 2.24) is 0 Å². The summed E-state index contributed by atoms with van der Waals surface area (Å²) in [5.41, 5.74) is 0. The first-order valence-corrected chi connectivity index (χ1v) is 8.01. The summed E-state index contributed by atoms with van der Waals surface area (Å²) in [6, 6.07) is 0. The Hall–Kier alpha value is -1.40. The molecule has 7 nitrogen and oxygen atoms in total. The van der Waals surface area contributed by atoms with E-state index in [0.29, 0.717) is 0 Å². The van der Waals surface area contributed by atoms with E-state index < -0.39 is 10.2 Å². The fourth-order valence-electron chi connectivity index (χ4n) is 1.97. The van der Waals surface area contributed by atoms with E-state index in [0.717, 1.165) is 0 Å². The maximum Gasteiger partial charge on any atom is 0.356 e. The van der Waals surface area contributed by atoms with Crippen LogP contribution in [0.25, 0.3) is 0 Å². The first kappa shape index (κ1) is 21.9. The van der Waals surface area contributed by atoms with Gasteiger partial charge in [-0.3, -0.25) is 0 Å². The first-order chi connectivity index (χ1) is 10.0. The van der Waals surface area contributed by atoms with Crippen LogP contribution < -0.4 is 0 Å². The van der Waals surface area contributed by atoms with Crippen LogP contribution in [0.1, 0.15) is 90.9 Å². The van der Waals surface area contributed by atoms with Gasteiger partial charge in [-0.05, 0) is 0 Å². The Bertz CT molecular complexity index is 226. The third-order valence-corrected chi connectivity index (χ3v) is 3.09. The van der Waals surface area contributed by atoms with Crippen molar-refractivity contribution in [3.05, 3.63) is 20.2 Å². The average Bonchev–Trinajstić information content (AvgIpc) is 2.40. The Labute approximate surface area is 127 Å². The van der Waals surface area contributed by atoms with E-state index in [2.05, 4.69) is 18.8 Å². The molecule has 0 spiro atoms. The third-order valence-electron chi connectivity index (χ3n) is 3.09. The minimum atomic E-state index is -1.50. The summed E-state index contributed by atoms with van der Waals surface area (Å²) in [6.07, 6.45) is 17.4. The largest absolute Gasteiger partial charge is 0.356 e. The number of nitrogens with zero attached hydrogens (tertiary/aromatic N) is 2. The van der Waals surface area contributed by atoms with E-state index in [1.807, 2.05) is 0 Å². The van der Waals surface area contributed by atoms with Gasteiger partial charge in [-0.15, -0.1) is 20.2 Å². The zero-order valence-electron chi connectivity index (χ0n) is 13.4. The minimum absolute atomic E-state index is 1.37. The van der Waals surface area contributed by atoms with Crippen LogP contribution in [-0.2, 0) is 4.94 Å². The summed E-state index contributed by atoms with van der Waals surface area (Å²) in [5, 5.41) is 14.9. The molecule has 0 atom stereocenters. The van der Waals surface area contributed by atoms with Crippen molar-refractivity contribution in [2.75, 3.05) is 0 Å². The van der Waals surface area contributed by atoms with Crippen molar-refractivity contribution >= 4 is 0 Å². The fourth-order valence-corrected chi connectivity index (χ4v) is 1.97. The average molecular weight is 306 g/mol. The van der Waals surface area contributed by atoms with Crippen LogP contribution in [0.4, 0.5) is 0 Å². The summed E-state index contributed by atoms with van der Waals surface area (Å²) in [6.45, 7) is 4.57. The van der Waals surface area contributed by atoms with Crippen LogP contribution >= 0.6 is 0 Å². The van der Waals surface area contributed by atoms with Gasteiger partial charge in [-0.2, -0.15) is 0 Å². The van der Waals surface area contributed by atoms with Gasteiger partial charge in [0.25, 0.3) is 0 Å². The lowest BCUT2D eigenvalue weighted by molar-refractivity contribution is -1.03. The molecule has 0 radical (unpaired) electrons. The SMILES string of the molecule is CCCCCCCCCCCCCC.O=[N+]([O-])O[N+](=O)[O-]. The molecule has 126 valence electrons. The zero-order chi connectivity index (χ0) is 16.3. The molecule has 0 amide bonds. The van der Waals surface area contributed by atoms with Crippen LogP contribution in [0.5, 0.6) is 0 Å². The van der Waals surface area contributed by atoms with Crippen molar-refractivity contribution in [3.63, 3.8) is 0 Å². The molecule has 0 aromatic rings. The summed E-state index contributed by atoms with van der Waals surface area (Å²) >= 11 is 0. The number of hydrogen-bond acceptors (Lipinski definition) is 5. The van der Waals surface area contributed by atoms with Gasteiger partial charge in [-0.25, -0.2) is 0 Å². The number of rotatable bonds is 13. The van der Waals surface area contributed by atoms with Gasteiger partial charge in [-0.1, -0.05) is 90.9 Å². The predicted octanol–water partition coefficient (Wildman–Crippen LogP) is 5.09. The summed E-state index contributed by atoms with van der Waals surface area (Å²) in [4.78, 5) is 20.6. The normalized spacial score (nSPS) is 9.62. The Kier molecular flexibility index (Phi) is 19.4. The molecule has 0 unspecified atom stereocenters. The summed E-state index contributed by atoms with van der Waals surface area (Å²) < 4.78 is 0. The van der Waals surface area contributed by atoms with E-state index in [-0.39, 0.29) is 0 Å². The molecular weight excluding hydrogens is 276 g/mol. The highest BCUT2D eigenvalue weighted by Crippen LogP contribution is 2.11. The molecule has 0 aromatic heterocycles. The highest BCUT2D eigenvalue weighted by molar-refractivity contribution is 4.47. The molecule has 21 heavy (non-hydrogen) atoms. The number of unbranched alkanes of at least 4 members (excludes halogenated alkanes) is 11. The molecule has 0 aliphatic carbocycles. The second-order valence-electron chi connectivity index (χ2n) is 5.06. The van der Waals surface area contributed by atoms with Gasteiger partial charge in [0.1, 0.15) is 0 Å². The topological polar surface area (TPSA) is 95.5 Å². The molecule has 0 heterocycles. The minimum Gasteiger partial charge on any atom is -0.105 e. The molecular formula is C14H30N2O5. The first-order valence-electron chi connectivity index (χ1n) is 8.01. The van der Waals surface area contributed by atoms with Crippen molar-refractivity contribution in [2.45, 2.75) is 90.9 Å². The predicted molar refractivity (Wildman–Crippen MR) is 81.8 cm³/mol. The lowest BCUT2D eigenvalue weighted by atomic mass is 10.1. The molecule has 0 saturated heterocycles. The standard InChI is InChI=1S/C14H30.N2O5/c1-3-5-7-9-11-13-14-12-10-8-6-4-2;3-1(4)7-2(5)6/h3-14H2,1-2H3;. The van der Waals surface area contributed by atoms with Crippen molar-refractivity contribution in [2.24, 2.45) is 0 Å². The van der Waals surface area contributed by atoms with Gasteiger partial charge < -0.3 is 0 Å². The molecule has 0 rings (SSSR count). The van der Waals surface area contributed by atoms with Crippen LogP contribution in [0, 0.1) is 20.2 Å².